The van der Waals surface area contributed by atoms with Gasteiger partial charge in [0.1, 0.15) is 6.54 Å². The normalized spacial score (nSPS) is 10.9. The maximum Gasteiger partial charge on any atom is 0.323 e. The molecular weight excluding hydrogens is 240 g/mol. The molecule has 0 aliphatic rings. The van der Waals surface area contributed by atoms with Crippen LogP contribution in [0.15, 0.2) is 30.3 Å². The number of carboxylic acids is 1. The van der Waals surface area contributed by atoms with E-state index < -0.39 is 5.97 Å². The largest absolute Gasteiger partial charge is 0.480 e. The maximum atomic E-state index is 11.1. The van der Waals surface area contributed by atoms with E-state index in [-0.39, 0.29) is 12.6 Å². The van der Waals surface area contributed by atoms with Crippen LogP contribution in [0, 0.1) is 6.92 Å². The molecule has 4 heteroatoms. The fraction of sp³-hybridized carbons (Fsp3) is 0.333. The Bertz CT molecular complexity index is 608. The molecule has 19 heavy (non-hydrogen) atoms. The van der Waals surface area contributed by atoms with Gasteiger partial charge in [-0.05, 0) is 32.9 Å². The number of hydrogen-bond donors (Lipinski definition) is 1. The van der Waals surface area contributed by atoms with Gasteiger partial charge in [0.15, 0.2) is 0 Å². The van der Waals surface area contributed by atoms with Crippen molar-refractivity contribution in [2.45, 2.75) is 26.8 Å². The van der Waals surface area contributed by atoms with Crippen LogP contribution in [0.1, 0.15) is 19.5 Å². The van der Waals surface area contributed by atoms with E-state index in [4.69, 9.17) is 5.11 Å². The summed E-state index contributed by atoms with van der Waals surface area (Å²) < 4.78 is 0. The summed E-state index contributed by atoms with van der Waals surface area (Å²) in [5.74, 6) is -0.827. The summed E-state index contributed by atoms with van der Waals surface area (Å²) in [4.78, 5) is 17.4. The number of carboxylic acid groups (broad SMARTS) is 1. The third-order valence-corrected chi connectivity index (χ3v) is 3.06. The lowest BCUT2D eigenvalue weighted by Gasteiger charge is -2.28. The Kier molecular flexibility index (Phi) is 3.69. The molecule has 0 amide bonds. The van der Waals surface area contributed by atoms with Crippen LogP contribution < -0.4 is 4.90 Å². The standard InChI is InChI=1S/C15H18N2O2/c1-10(2)17(9-15(18)19)14-8-11(3)16-13-7-5-4-6-12(13)14/h4-8,10H,9H2,1-3H3,(H,18,19). The van der Waals surface area contributed by atoms with Crippen molar-refractivity contribution in [3.8, 4) is 0 Å². The highest BCUT2D eigenvalue weighted by Gasteiger charge is 2.17. The summed E-state index contributed by atoms with van der Waals surface area (Å²) in [6.45, 7) is 5.90. The Balaban J connectivity index is 2.61. The number of aromatic nitrogens is 1. The van der Waals surface area contributed by atoms with Gasteiger partial charge in [0.2, 0.25) is 0 Å². The van der Waals surface area contributed by atoms with E-state index in [2.05, 4.69) is 4.98 Å². The summed E-state index contributed by atoms with van der Waals surface area (Å²) in [6.07, 6.45) is 0. The van der Waals surface area contributed by atoms with Crippen LogP contribution >= 0.6 is 0 Å². The van der Waals surface area contributed by atoms with Crippen LogP contribution in [0.5, 0.6) is 0 Å². The maximum absolute atomic E-state index is 11.1. The minimum absolute atomic E-state index is 0.00882. The fourth-order valence-corrected chi connectivity index (χ4v) is 2.21. The number of aryl methyl sites for hydroxylation is 1. The van der Waals surface area contributed by atoms with Gasteiger partial charge in [-0.1, -0.05) is 18.2 Å². The quantitative estimate of drug-likeness (QED) is 0.916. The van der Waals surface area contributed by atoms with Gasteiger partial charge in [-0.3, -0.25) is 9.78 Å². The van der Waals surface area contributed by atoms with Gasteiger partial charge in [-0.2, -0.15) is 0 Å². The molecule has 0 aliphatic heterocycles. The van der Waals surface area contributed by atoms with Crippen LogP contribution in [0.4, 0.5) is 5.69 Å². The minimum atomic E-state index is -0.827. The molecule has 1 heterocycles. The molecule has 2 aromatic rings. The van der Waals surface area contributed by atoms with Gasteiger partial charge in [-0.25, -0.2) is 0 Å². The van der Waals surface area contributed by atoms with Crippen LogP contribution in [0.25, 0.3) is 10.9 Å². The highest BCUT2D eigenvalue weighted by atomic mass is 16.4. The number of rotatable bonds is 4. The number of fused-ring (bicyclic) bond motifs is 1. The van der Waals surface area contributed by atoms with Crippen LogP contribution in [-0.2, 0) is 4.79 Å². The first kappa shape index (κ1) is 13.3. The lowest BCUT2D eigenvalue weighted by atomic mass is 10.1. The van der Waals surface area contributed by atoms with E-state index in [9.17, 15) is 4.79 Å². The summed E-state index contributed by atoms with van der Waals surface area (Å²) in [5.41, 5.74) is 2.72. The zero-order valence-electron chi connectivity index (χ0n) is 11.4. The number of carbonyl (C=O) groups is 1. The molecular formula is C15H18N2O2. The van der Waals surface area contributed by atoms with E-state index >= 15 is 0 Å². The van der Waals surface area contributed by atoms with Gasteiger partial charge in [-0.15, -0.1) is 0 Å². The minimum Gasteiger partial charge on any atom is -0.480 e. The molecule has 0 fully saturated rings. The van der Waals surface area contributed by atoms with Crippen molar-refractivity contribution in [3.05, 3.63) is 36.0 Å². The van der Waals surface area contributed by atoms with E-state index in [0.29, 0.717) is 0 Å². The van der Waals surface area contributed by atoms with Crippen molar-refractivity contribution in [2.24, 2.45) is 0 Å². The molecule has 0 aliphatic carbocycles. The first-order valence-corrected chi connectivity index (χ1v) is 6.34. The van der Waals surface area contributed by atoms with E-state index in [0.717, 1.165) is 22.3 Å². The molecule has 0 saturated carbocycles. The average Bonchev–Trinajstić information content (AvgIpc) is 2.34. The highest BCUT2D eigenvalue weighted by molar-refractivity contribution is 5.93. The summed E-state index contributed by atoms with van der Waals surface area (Å²) in [5, 5.41) is 10.1. The second-order valence-electron chi connectivity index (χ2n) is 4.92. The van der Waals surface area contributed by atoms with Crippen LogP contribution in [0.2, 0.25) is 0 Å². The van der Waals surface area contributed by atoms with Crippen LogP contribution in [0.3, 0.4) is 0 Å². The van der Waals surface area contributed by atoms with Gasteiger partial charge in [0.05, 0.1) is 5.52 Å². The van der Waals surface area contributed by atoms with Gasteiger partial charge in [0.25, 0.3) is 0 Å². The molecule has 0 bridgehead atoms. The van der Waals surface area contributed by atoms with Crippen molar-refractivity contribution < 1.29 is 9.90 Å². The number of aliphatic carboxylic acids is 1. The molecule has 2 rings (SSSR count). The van der Waals surface area contributed by atoms with Gasteiger partial charge >= 0.3 is 5.97 Å². The highest BCUT2D eigenvalue weighted by Crippen LogP contribution is 2.27. The lowest BCUT2D eigenvalue weighted by Crippen LogP contribution is -2.35. The Morgan fingerprint density at radius 3 is 2.68 bits per heavy atom. The fourth-order valence-electron chi connectivity index (χ4n) is 2.21. The molecule has 0 saturated heterocycles. The number of benzene rings is 1. The van der Waals surface area contributed by atoms with Crippen molar-refractivity contribution in [1.29, 1.82) is 0 Å². The monoisotopic (exact) mass is 258 g/mol. The lowest BCUT2D eigenvalue weighted by molar-refractivity contribution is -0.135. The van der Waals surface area contributed by atoms with Gasteiger partial charge < -0.3 is 10.0 Å². The number of anilines is 1. The number of pyridine rings is 1. The Morgan fingerprint density at radius 2 is 2.05 bits per heavy atom. The predicted octanol–water partition coefficient (Wildman–Crippen LogP) is 2.84. The Hall–Kier alpha value is -2.10. The van der Waals surface area contributed by atoms with Crippen LogP contribution in [-0.4, -0.2) is 28.6 Å². The molecule has 1 N–H and O–H groups in total. The molecule has 0 atom stereocenters. The molecule has 0 spiro atoms. The average molecular weight is 258 g/mol. The molecule has 1 aromatic heterocycles. The molecule has 1 aromatic carbocycles. The smallest absolute Gasteiger partial charge is 0.323 e. The third kappa shape index (κ3) is 2.84. The van der Waals surface area contributed by atoms with E-state index in [1.54, 1.807) is 0 Å². The number of hydrogen-bond acceptors (Lipinski definition) is 3. The first-order chi connectivity index (χ1) is 8.99. The topological polar surface area (TPSA) is 53.4 Å². The van der Waals surface area contributed by atoms with Crippen molar-refractivity contribution in [2.75, 3.05) is 11.4 Å². The SMILES string of the molecule is Cc1cc(N(CC(=O)O)C(C)C)c2ccccc2n1. The van der Waals surface area contributed by atoms with Crippen molar-refractivity contribution >= 4 is 22.6 Å². The van der Waals surface area contributed by atoms with E-state index in [1.165, 1.54) is 0 Å². The number of nitrogens with zero attached hydrogens (tertiary/aromatic N) is 2. The summed E-state index contributed by atoms with van der Waals surface area (Å²) in [6, 6.07) is 9.88. The third-order valence-electron chi connectivity index (χ3n) is 3.06. The predicted molar refractivity (Wildman–Crippen MR) is 76.6 cm³/mol. The zero-order valence-corrected chi connectivity index (χ0v) is 11.4. The van der Waals surface area contributed by atoms with Crippen molar-refractivity contribution in [1.82, 2.24) is 4.98 Å². The first-order valence-electron chi connectivity index (χ1n) is 6.34. The molecule has 0 unspecified atom stereocenters. The zero-order chi connectivity index (χ0) is 14.0. The Labute approximate surface area is 112 Å². The Morgan fingerprint density at radius 1 is 1.37 bits per heavy atom. The summed E-state index contributed by atoms with van der Waals surface area (Å²) >= 11 is 0. The van der Waals surface area contributed by atoms with Gasteiger partial charge in [0, 0.05) is 22.8 Å². The molecule has 0 radical (unpaired) electrons. The number of para-hydroxylation sites is 1. The molecule has 100 valence electrons. The van der Waals surface area contributed by atoms with E-state index in [1.807, 2.05) is 56.0 Å². The second-order valence-corrected chi connectivity index (χ2v) is 4.92. The molecule has 4 nitrogen and oxygen atoms in total. The van der Waals surface area contributed by atoms with Crippen molar-refractivity contribution in [3.63, 3.8) is 0 Å². The second kappa shape index (κ2) is 5.26. The summed E-state index contributed by atoms with van der Waals surface area (Å²) in [7, 11) is 0.